The first kappa shape index (κ1) is 22.2. The number of hydrogen-bond donors (Lipinski definition) is 0. The van der Waals surface area contributed by atoms with E-state index in [0.717, 1.165) is 53.1 Å². The van der Waals surface area contributed by atoms with Gasteiger partial charge in [-0.3, -0.25) is 14.5 Å². The fraction of sp³-hybridized carbons (Fsp3) is 0.333. The van der Waals surface area contributed by atoms with Gasteiger partial charge < -0.3 is 4.90 Å². The monoisotopic (exact) mass is 457 g/mol. The minimum Gasteiger partial charge on any atom is -0.338 e. The highest BCUT2D eigenvalue weighted by Crippen LogP contribution is 2.34. The molecule has 1 aromatic carbocycles. The van der Waals surface area contributed by atoms with Gasteiger partial charge in [0.05, 0.1) is 17.0 Å². The van der Waals surface area contributed by atoms with E-state index in [2.05, 4.69) is 29.1 Å². The molecule has 1 saturated heterocycles. The number of likely N-dealkylation sites (tertiary alicyclic amines) is 1. The maximum Gasteiger partial charge on any atom is 0.255 e. The number of carbonyl (C=O) groups is 1. The number of carbonyl (C=O) groups excluding carboxylic acids is 1. The van der Waals surface area contributed by atoms with Gasteiger partial charge in [-0.15, -0.1) is 0 Å². The van der Waals surface area contributed by atoms with Crippen molar-refractivity contribution < 1.29 is 9.18 Å². The minimum absolute atomic E-state index is 0.00999. The number of aromatic nitrogens is 4. The maximum atomic E-state index is 13.3. The van der Waals surface area contributed by atoms with Gasteiger partial charge in [-0.2, -0.15) is 5.10 Å². The summed E-state index contributed by atoms with van der Waals surface area (Å²) in [6.07, 6.45) is 4.14. The molecule has 0 spiro atoms. The van der Waals surface area contributed by atoms with Crippen molar-refractivity contribution in [3.8, 4) is 0 Å². The van der Waals surface area contributed by atoms with Crippen LogP contribution >= 0.6 is 0 Å². The Hall–Kier alpha value is -3.61. The summed E-state index contributed by atoms with van der Waals surface area (Å²) in [5, 5.41) is 5.55. The highest BCUT2D eigenvalue weighted by Gasteiger charge is 2.36. The van der Waals surface area contributed by atoms with Crippen LogP contribution in [-0.4, -0.2) is 43.6 Å². The van der Waals surface area contributed by atoms with E-state index in [9.17, 15) is 9.18 Å². The second-order valence-electron chi connectivity index (χ2n) is 9.51. The van der Waals surface area contributed by atoms with Gasteiger partial charge in [0.25, 0.3) is 5.91 Å². The van der Waals surface area contributed by atoms with Crippen LogP contribution < -0.4 is 0 Å². The summed E-state index contributed by atoms with van der Waals surface area (Å²) < 4.78 is 15.0. The average Bonchev–Trinajstić information content (AvgIpc) is 3.13. The lowest BCUT2D eigenvalue weighted by Crippen LogP contribution is -2.47. The van der Waals surface area contributed by atoms with Gasteiger partial charge in [-0.25, -0.2) is 9.37 Å². The lowest BCUT2D eigenvalue weighted by atomic mass is 9.78. The third kappa shape index (κ3) is 4.18. The Kier molecular flexibility index (Phi) is 5.63. The Labute approximate surface area is 198 Å². The number of amides is 1. The number of benzene rings is 1. The van der Waals surface area contributed by atoms with Crippen LogP contribution in [0.15, 0.2) is 54.7 Å². The zero-order valence-corrected chi connectivity index (χ0v) is 19.8. The Morgan fingerprint density at radius 2 is 1.91 bits per heavy atom. The summed E-state index contributed by atoms with van der Waals surface area (Å²) in [6.45, 7) is 5.51. The van der Waals surface area contributed by atoms with Crippen molar-refractivity contribution in [2.24, 2.45) is 7.05 Å². The molecule has 1 fully saturated rings. The lowest BCUT2D eigenvalue weighted by molar-refractivity contribution is 0.0647. The summed E-state index contributed by atoms with van der Waals surface area (Å²) in [6, 6.07) is 14.3. The normalized spacial score (nSPS) is 18.4. The first-order chi connectivity index (χ1) is 16.3. The van der Waals surface area contributed by atoms with Gasteiger partial charge in [0, 0.05) is 49.2 Å². The van der Waals surface area contributed by atoms with Crippen molar-refractivity contribution in [3.05, 3.63) is 88.8 Å². The number of halogens is 1. The van der Waals surface area contributed by atoms with Crippen molar-refractivity contribution in [1.82, 2.24) is 24.6 Å². The lowest BCUT2D eigenvalue weighted by Gasteiger charge is -2.40. The average molecular weight is 458 g/mol. The van der Waals surface area contributed by atoms with E-state index in [-0.39, 0.29) is 17.1 Å². The SMILES string of the molecule is Cc1nn(C)c2nc(C3(C)CCCN(C(=O)c4ccc(Cc5ccc(F)cc5)nc4)C3)ccc12. The Morgan fingerprint density at radius 3 is 2.65 bits per heavy atom. The third-order valence-electron chi connectivity index (χ3n) is 6.84. The molecule has 1 unspecified atom stereocenters. The van der Waals surface area contributed by atoms with Gasteiger partial charge in [-0.05, 0) is 61.7 Å². The van der Waals surface area contributed by atoms with Gasteiger partial charge in [0.15, 0.2) is 5.65 Å². The zero-order chi connectivity index (χ0) is 23.9. The molecule has 4 heterocycles. The van der Waals surface area contributed by atoms with E-state index in [0.29, 0.717) is 18.5 Å². The van der Waals surface area contributed by atoms with Crippen molar-refractivity contribution >= 4 is 16.9 Å². The molecule has 4 aromatic rings. The molecule has 5 rings (SSSR count). The highest BCUT2D eigenvalue weighted by atomic mass is 19.1. The molecule has 0 N–H and O–H groups in total. The summed E-state index contributed by atoms with van der Waals surface area (Å²) in [4.78, 5) is 24.7. The Morgan fingerprint density at radius 1 is 1.12 bits per heavy atom. The maximum absolute atomic E-state index is 13.3. The Balaban J connectivity index is 1.32. The number of rotatable bonds is 4. The molecule has 1 amide bonds. The number of nitrogens with zero attached hydrogens (tertiary/aromatic N) is 5. The van der Waals surface area contributed by atoms with Crippen molar-refractivity contribution in [2.45, 2.75) is 38.5 Å². The number of hydrogen-bond acceptors (Lipinski definition) is 4. The predicted molar refractivity (Wildman–Crippen MR) is 129 cm³/mol. The molecule has 6 nitrogen and oxygen atoms in total. The predicted octanol–water partition coefficient (Wildman–Crippen LogP) is 4.60. The standard InChI is InChI=1S/C27H28FN5O/c1-18-23-11-12-24(30-25(23)32(3)31-18)27(2)13-4-14-33(17-27)26(34)20-7-10-22(29-16-20)15-19-5-8-21(28)9-6-19/h5-12,16H,4,13-15,17H2,1-3H3. The van der Waals surface area contributed by atoms with Crippen LogP contribution in [0, 0.1) is 12.7 Å². The fourth-order valence-electron chi connectivity index (χ4n) is 4.91. The molecule has 7 heteroatoms. The third-order valence-corrected chi connectivity index (χ3v) is 6.84. The van der Waals surface area contributed by atoms with Crippen LogP contribution in [0.25, 0.3) is 11.0 Å². The minimum atomic E-state index is -0.253. The van der Waals surface area contributed by atoms with Crippen LogP contribution in [0.3, 0.4) is 0 Å². The van der Waals surface area contributed by atoms with Crippen molar-refractivity contribution in [1.29, 1.82) is 0 Å². The second kappa shape index (κ2) is 8.63. The van der Waals surface area contributed by atoms with E-state index in [4.69, 9.17) is 4.98 Å². The highest BCUT2D eigenvalue weighted by molar-refractivity contribution is 5.94. The van der Waals surface area contributed by atoms with Crippen molar-refractivity contribution in [2.75, 3.05) is 13.1 Å². The summed E-state index contributed by atoms with van der Waals surface area (Å²) >= 11 is 0. The van der Waals surface area contributed by atoms with E-state index < -0.39 is 0 Å². The summed E-state index contributed by atoms with van der Waals surface area (Å²) in [5.41, 5.74) is 5.02. The van der Waals surface area contributed by atoms with Gasteiger partial charge in [0.1, 0.15) is 5.82 Å². The molecule has 1 aliphatic rings. The molecule has 0 saturated carbocycles. The topological polar surface area (TPSA) is 63.9 Å². The number of aryl methyl sites for hydroxylation is 2. The molecule has 34 heavy (non-hydrogen) atoms. The molecule has 1 atom stereocenters. The number of fused-ring (bicyclic) bond motifs is 1. The number of piperidine rings is 1. The van der Waals surface area contributed by atoms with E-state index >= 15 is 0 Å². The van der Waals surface area contributed by atoms with Gasteiger partial charge in [-0.1, -0.05) is 19.1 Å². The molecule has 0 bridgehead atoms. The van der Waals surface area contributed by atoms with E-state index in [1.54, 1.807) is 18.3 Å². The van der Waals surface area contributed by atoms with Gasteiger partial charge in [0.2, 0.25) is 0 Å². The molecular formula is C27H28FN5O. The molecule has 174 valence electrons. The first-order valence-electron chi connectivity index (χ1n) is 11.6. The van der Waals surface area contributed by atoms with Crippen LogP contribution in [0.5, 0.6) is 0 Å². The van der Waals surface area contributed by atoms with Crippen molar-refractivity contribution in [3.63, 3.8) is 0 Å². The van der Waals surface area contributed by atoms with Crippen LogP contribution in [0.4, 0.5) is 4.39 Å². The van der Waals surface area contributed by atoms with Crippen LogP contribution in [0.1, 0.15) is 52.8 Å². The molecule has 1 aliphatic heterocycles. The quantitative estimate of drug-likeness (QED) is 0.450. The largest absolute Gasteiger partial charge is 0.338 e. The smallest absolute Gasteiger partial charge is 0.255 e. The first-order valence-corrected chi connectivity index (χ1v) is 11.6. The molecule has 0 aliphatic carbocycles. The van der Waals surface area contributed by atoms with Crippen LogP contribution in [0.2, 0.25) is 0 Å². The van der Waals surface area contributed by atoms with Gasteiger partial charge >= 0.3 is 0 Å². The van der Waals surface area contributed by atoms with Crippen LogP contribution in [-0.2, 0) is 18.9 Å². The molecule has 0 radical (unpaired) electrons. The molecule has 3 aromatic heterocycles. The second-order valence-corrected chi connectivity index (χ2v) is 9.51. The fourth-order valence-corrected chi connectivity index (χ4v) is 4.91. The zero-order valence-electron chi connectivity index (χ0n) is 19.8. The Bertz CT molecular complexity index is 1350. The van der Waals surface area contributed by atoms with E-state index in [1.807, 2.05) is 35.7 Å². The summed E-state index contributed by atoms with van der Waals surface area (Å²) in [7, 11) is 1.91. The summed E-state index contributed by atoms with van der Waals surface area (Å²) in [5.74, 6) is -0.263. The van der Waals surface area contributed by atoms with E-state index in [1.165, 1.54) is 12.1 Å². The molecular weight excluding hydrogens is 429 g/mol. The number of pyridine rings is 2.